The van der Waals surface area contributed by atoms with E-state index in [0.717, 1.165) is 12.1 Å². The van der Waals surface area contributed by atoms with Gasteiger partial charge in [-0.05, 0) is 19.1 Å². The molecule has 0 aliphatic carbocycles. The molecule has 1 aromatic carbocycles. The number of benzene rings is 1. The topological polar surface area (TPSA) is 26.3 Å². The van der Waals surface area contributed by atoms with Crippen LogP contribution in [0.3, 0.4) is 0 Å². The van der Waals surface area contributed by atoms with Crippen LogP contribution in [0.1, 0.15) is 6.92 Å². The Morgan fingerprint density at radius 3 is 2.71 bits per heavy atom. The molecule has 0 saturated heterocycles. The molecular weight excluding hydrogens is 214 g/mol. The van der Waals surface area contributed by atoms with Crippen molar-refractivity contribution in [1.82, 2.24) is 0 Å². The Morgan fingerprint density at radius 1 is 1.50 bits per heavy atom. The average Bonchev–Trinajstić information content (AvgIpc) is 2.18. The van der Waals surface area contributed by atoms with Crippen LogP contribution in [0, 0.1) is 11.6 Å². The first kappa shape index (κ1) is 10.9. The number of carbonyl (C=O) groups excluding carboxylic acids is 1. The van der Waals surface area contributed by atoms with Gasteiger partial charge in [-0.1, -0.05) is 11.6 Å². The molecule has 0 aromatic heterocycles. The van der Waals surface area contributed by atoms with Crippen molar-refractivity contribution < 1.29 is 18.3 Å². The first-order valence-corrected chi connectivity index (χ1v) is 4.19. The average molecular weight is 221 g/mol. The molecule has 5 heteroatoms. The van der Waals surface area contributed by atoms with Gasteiger partial charge in [0.15, 0.2) is 29.8 Å². The van der Waals surface area contributed by atoms with Crippen molar-refractivity contribution >= 4 is 17.9 Å². The van der Waals surface area contributed by atoms with Gasteiger partial charge in [-0.25, -0.2) is 8.78 Å². The van der Waals surface area contributed by atoms with E-state index in [1.807, 2.05) is 0 Å². The highest BCUT2D eigenvalue weighted by molar-refractivity contribution is 6.30. The summed E-state index contributed by atoms with van der Waals surface area (Å²) in [7, 11) is 0. The molecule has 0 spiro atoms. The van der Waals surface area contributed by atoms with Crippen molar-refractivity contribution in [2.45, 2.75) is 13.0 Å². The van der Waals surface area contributed by atoms with Gasteiger partial charge in [-0.3, -0.25) is 4.79 Å². The van der Waals surface area contributed by atoms with E-state index in [-0.39, 0.29) is 5.02 Å². The molecule has 1 rings (SSSR count). The third kappa shape index (κ3) is 2.20. The summed E-state index contributed by atoms with van der Waals surface area (Å²) in [6.07, 6.45) is -0.489. The Hall–Kier alpha value is -1.16. The van der Waals surface area contributed by atoms with E-state index in [1.54, 1.807) is 0 Å². The van der Waals surface area contributed by atoms with Gasteiger partial charge in [0, 0.05) is 0 Å². The summed E-state index contributed by atoms with van der Waals surface area (Å²) in [5.41, 5.74) is 0. The summed E-state index contributed by atoms with van der Waals surface area (Å²) < 4.78 is 30.8. The zero-order chi connectivity index (χ0) is 10.7. The number of ether oxygens (including phenoxy) is 1. The third-order valence-corrected chi connectivity index (χ3v) is 1.79. The second-order valence-corrected chi connectivity index (χ2v) is 3.04. The van der Waals surface area contributed by atoms with Gasteiger partial charge in [-0.15, -0.1) is 0 Å². The second kappa shape index (κ2) is 4.37. The van der Waals surface area contributed by atoms with Gasteiger partial charge < -0.3 is 4.74 Å². The molecule has 1 aromatic rings. The van der Waals surface area contributed by atoms with Crippen molar-refractivity contribution in [3.05, 3.63) is 28.8 Å². The molecule has 0 saturated carbocycles. The number of hydrogen-bond acceptors (Lipinski definition) is 2. The van der Waals surface area contributed by atoms with Crippen LogP contribution in [0.15, 0.2) is 12.1 Å². The standard InChI is InChI=1S/C9H7ClF2O2/c1-5(4-13)14-9-7(11)3-2-6(10)8(9)12/h2-5H,1H3. The largest absolute Gasteiger partial charge is 0.477 e. The van der Waals surface area contributed by atoms with Crippen LogP contribution < -0.4 is 4.74 Å². The van der Waals surface area contributed by atoms with E-state index in [1.165, 1.54) is 6.92 Å². The number of rotatable bonds is 3. The molecule has 0 amide bonds. The van der Waals surface area contributed by atoms with Gasteiger partial charge in [0.05, 0.1) is 5.02 Å². The van der Waals surface area contributed by atoms with Crippen molar-refractivity contribution in [2.24, 2.45) is 0 Å². The van der Waals surface area contributed by atoms with Gasteiger partial charge in [0.2, 0.25) is 0 Å². The van der Waals surface area contributed by atoms with E-state index in [0.29, 0.717) is 6.29 Å². The Kier molecular flexibility index (Phi) is 3.41. The molecule has 1 unspecified atom stereocenters. The van der Waals surface area contributed by atoms with Crippen molar-refractivity contribution in [3.8, 4) is 5.75 Å². The van der Waals surface area contributed by atoms with Gasteiger partial charge in [-0.2, -0.15) is 0 Å². The van der Waals surface area contributed by atoms with E-state index < -0.39 is 23.5 Å². The van der Waals surface area contributed by atoms with E-state index in [4.69, 9.17) is 16.3 Å². The first-order chi connectivity index (χ1) is 6.56. The van der Waals surface area contributed by atoms with Gasteiger partial charge >= 0.3 is 0 Å². The summed E-state index contributed by atoms with van der Waals surface area (Å²) in [6.45, 7) is 1.37. The maximum atomic E-state index is 13.1. The zero-order valence-electron chi connectivity index (χ0n) is 7.26. The lowest BCUT2D eigenvalue weighted by Crippen LogP contribution is -2.14. The number of carbonyl (C=O) groups is 1. The minimum Gasteiger partial charge on any atom is -0.477 e. The molecule has 0 aliphatic heterocycles. The Bertz CT molecular complexity index is 355. The molecule has 0 heterocycles. The third-order valence-electron chi connectivity index (χ3n) is 1.50. The molecule has 0 bridgehead atoms. The quantitative estimate of drug-likeness (QED) is 0.578. The molecule has 1 atom stereocenters. The molecule has 0 N–H and O–H groups in total. The van der Waals surface area contributed by atoms with Crippen LogP contribution in [0.5, 0.6) is 5.75 Å². The smallest absolute Gasteiger partial charge is 0.193 e. The first-order valence-electron chi connectivity index (χ1n) is 3.81. The molecule has 0 aliphatic rings. The Labute approximate surface area is 84.4 Å². The Balaban J connectivity index is 3.06. The van der Waals surface area contributed by atoms with Crippen molar-refractivity contribution in [3.63, 3.8) is 0 Å². The van der Waals surface area contributed by atoms with E-state index in [2.05, 4.69) is 0 Å². The molecule has 2 nitrogen and oxygen atoms in total. The maximum absolute atomic E-state index is 13.1. The number of aldehydes is 1. The Morgan fingerprint density at radius 2 is 2.14 bits per heavy atom. The molecule has 76 valence electrons. The lowest BCUT2D eigenvalue weighted by Gasteiger charge is -2.10. The number of hydrogen-bond donors (Lipinski definition) is 0. The van der Waals surface area contributed by atoms with Crippen molar-refractivity contribution in [2.75, 3.05) is 0 Å². The van der Waals surface area contributed by atoms with E-state index in [9.17, 15) is 13.6 Å². The van der Waals surface area contributed by atoms with Gasteiger partial charge in [0.1, 0.15) is 0 Å². The molecule has 0 radical (unpaired) electrons. The lowest BCUT2D eigenvalue weighted by molar-refractivity contribution is -0.113. The molecular formula is C9H7ClF2O2. The minimum absolute atomic E-state index is 0.250. The fraction of sp³-hybridized carbons (Fsp3) is 0.222. The lowest BCUT2D eigenvalue weighted by atomic mass is 10.3. The SMILES string of the molecule is CC(C=O)Oc1c(F)ccc(Cl)c1F. The predicted octanol–water partition coefficient (Wildman–Crippen LogP) is 2.58. The maximum Gasteiger partial charge on any atom is 0.193 e. The summed E-state index contributed by atoms with van der Waals surface area (Å²) in [6, 6.07) is 2.04. The summed E-state index contributed by atoms with van der Waals surface area (Å²) in [5.74, 6) is -2.52. The highest BCUT2D eigenvalue weighted by Gasteiger charge is 2.16. The van der Waals surface area contributed by atoms with Crippen LogP contribution in [-0.4, -0.2) is 12.4 Å². The summed E-state index contributed by atoms with van der Waals surface area (Å²) in [4.78, 5) is 10.2. The summed E-state index contributed by atoms with van der Waals surface area (Å²) in [5, 5.41) is -0.250. The zero-order valence-corrected chi connectivity index (χ0v) is 8.02. The molecule has 14 heavy (non-hydrogen) atoms. The second-order valence-electron chi connectivity index (χ2n) is 2.63. The monoisotopic (exact) mass is 220 g/mol. The minimum atomic E-state index is -1.000. The normalized spacial score (nSPS) is 12.3. The van der Waals surface area contributed by atoms with Crippen LogP contribution >= 0.6 is 11.6 Å². The molecule has 0 fully saturated rings. The van der Waals surface area contributed by atoms with Crippen LogP contribution in [0.4, 0.5) is 8.78 Å². The highest BCUT2D eigenvalue weighted by atomic mass is 35.5. The van der Waals surface area contributed by atoms with Crippen molar-refractivity contribution in [1.29, 1.82) is 0 Å². The van der Waals surface area contributed by atoms with Gasteiger partial charge in [0.25, 0.3) is 0 Å². The highest BCUT2D eigenvalue weighted by Crippen LogP contribution is 2.28. The summed E-state index contributed by atoms with van der Waals surface area (Å²) >= 11 is 5.40. The van der Waals surface area contributed by atoms with Crippen LogP contribution in [-0.2, 0) is 4.79 Å². The van der Waals surface area contributed by atoms with Crippen LogP contribution in [0.2, 0.25) is 5.02 Å². The fourth-order valence-electron chi connectivity index (χ4n) is 0.830. The number of halogens is 3. The van der Waals surface area contributed by atoms with Crippen LogP contribution in [0.25, 0.3) is 0 Å². The van der Waals surface area contributed by atoms with E-state index >= 15 is 0 Å². The predicted molar refractivity (Wildman–Crippen MR) is 47.5 cm³/mol. The fourth-order valence-corrected chi connectivity index (χ4v) is 0.979.